The van der Waals surface area contributed by atoms with Gasteiger partial charge >= 0.3 is 6.14 Å². The van der Waals surface area contributed by atoms with Gasteiger partial charge in [0, 0.05) is 0 Å². The Balaban J connectivity index is 2.82. The molecule has 2 aromatic rings. The second kappa shape index (κ2) is 2.55. The van der Waals surface area contributed by atoms with Gasteiger partial charge in [0.1, 0.15) is 5.52 Å². The fourth-order valence-electron chi connectivity index (χ4n) is 1.12. The zero-order chi connectivity index (χ0) is 9.42. The molecule has 0 aliphatic carbocycles. The summed E-state index contributed by atoms with van der Waals surface area (Å²) in [6.45, 7) is 0. The summed E-state index contributed by atoms with van der Waals surface area (Å²) in [5, 5.41) is 0. The number of para-hydroxylation sites is 1. The summed E-state index contributed by atoms with van der Waals surface area (Å²) in [5.41, 5.74) is 5.58. The lowest BCUT2D eigenvalue weighted by atomic mass is 10.2. The van der Waals surface area contributed by atoms with Gasteiger partial charge in [0.25, 0.3) is 5.91 Å². The van der Waals surface area contributed by atoms with E-state index in [1.54, 1.807) is 6.07 Å². The van der Waals surface area contributed by atoms with Gasteiger partial charge in [-0.05, 0) is 12.1 Å². The molecule has 1 aromatic carbocycles. The van der Waals surface area contributed by atoms with Crippen LogP contribution in [0.2, 0.25) is 0 Å². The quantitative estimate of drug-likeness (QED) is 0.713. The highest BCUT2D eigenvalue weighted by atomic mass is 19.1. The van der Waals surface area contributed by atoms with E-state index in [-0.39, 0.29) is 16.7 Å². The lowest BCUT2D eigenvalue weighted by Crippen LogP contribution is -2.11. The molecule has 0 aliphatic rings. The van der Waals surface area contributed by atoms with Gasteiger partial charge in [-0.15, -0.1) is 4.39 Å². The number of rotatable bonds is 1. The van der Waals surface area contributed by atoms with Crippen LogP contribution >= 0.6 is 0 Å². The zero-order valence-corrected chi connectivity index (χ0v) is 6.45. The number of hydrogen-bond acceptors (Lipinski definition) is 3. The molecule has 1 aromatic heterocycles. The van der Waals surface area contributed by atoms with Crippen molar-refractivity contribution < 1.29 is 13.6 Å². The van der Waals surface area contributed by atoms with E-state index in [2.05, 4.69) is 9.40 Å². The molecule has 66 valence electrons. The van der Waals surface area contributed by atoms with Gasteiger partial charge in [-0.2, -0.15) is 4.98 Å². The van der Waals surface area contributed by atoms with E-state index in [4.69, 9.17) is 5.73 Å². The Morgan fingerprint density at radius 1 is 1.54 bits per heavy atom. The van der Waals surface area contributed by atoms with Crippen LogP contribution in [-0.2, 0) is 0 Å². The summed E-state index contributed by atoms with van der Waals surface area (Å²) in [6, 6.07) is 4.53. The van der Waals surface area contributed by atoms with Crippen LogP contribution in [0.25, 0.3) is 11.1 Å². The largest absolute Gasteiger partial charge is 0.415 e. The summed E-state index contributed by atoms with van der Waals surface area (Å²) in [4.78, 5) is 14.2. The zero-order valence-electron chi connectivity index (χ0n) is 6.45. The van der Waals surface area contributed by atoms with Crippen molar-refractivity contribution in [3.63, 3.8) is 0 Å². The minimum atomic E-state index is -0.969. The molecule has 13 heavy (non-hydrogen) atoms. The predicted octanol–water partition coefficient (Wildman–Crippen LogP) is 1.07. The highest BCUT2D eigenvalue weighted by Gasteiger charge is 2.11. The minimum Gasteiger partial charge on any atom is -0.415 e. The van der Waals surface area contributed by atoms with E-state index in [1.165, 1.54) is 12.1 Å². The standard InChI is InChI=1S/C8H5FN2O2/c9-8-11-6-4(7(10)12)2-1-3-5(6)13-8/h1-3H,(H2,10,12). The van der Waals surface area contributed by atoms with Crippen molar-refractivity contribution in [3.05, 3.63) is 29.9 Å². The highest BCUT2D eigenvalue weighted by Crippen LogP contribution is 2.18. The maximum Gasteiger partial charge on any atom is 0.382 e. The molecular weight excluding hydrogens is 175 g/mol. The average Bonchev–Trinajstić information content (AvgIpc) is 2.43. The smallest absolute Gasteiger partial charge is 0.382 e. The first kappa shape index (κ1) is 7.72. The average molecular weight is 180 g/mol. The SMILES string of the molecule is NC(=O)c1cccc2oc(F)nc12. The maximum absolute atomic E-state index is 12.5. The predicted molar refractivity (Wildman–Crippen MR) is 42.5 cm³/mol. The van der Waals surface area contributed by atoms with Gasteiger partial charge in [-0.25, -0.2) is 0 Å². The maximum atomic E-state index is 12.5. The second-order valence-electron chi connectivity index (χ2n) is 2.48. The van der Waals surface area contributed by atoms with Gasteiger partial charge in [0.05, 0.1) is 5.56 Å². The first-order valence-corrected chi connectivity index (χ1v) is 3.53. The first-order valence-electron chi connectivity index (χ1n) is 3.53. The first-order chi connectivity index (χ1) is 6.18. The molecule has 2 rings (SSSR count). The molecule has 0 atom stereocenters. The number of fused-ring (bicyclic) bond motifs is 1. The summed E-state index contributed by atoms with van der Waals surface area (Å²) >= 11 is 0. The van der Waals surface area contributed by atoms with Crippen molar-refractivity contribution in [2.75, 3.05) is 0 Å². The molecular formula is C8H5FN2O2. The Kier molecular flexibility index (Phi) is 1.51. The molecule has 1 amide bonds. The van der Waals surface area contributed by atoms with Crippen molar-refractivity contribution >= 4 is 17.0 Å². The van der Waals surface area contributed by atoms with E-state index < -0.39 is 12.1 Å². The number of nitrogens with zero attached hydrogens (tertiary/aromatic N) is 1. The van der Waals surface area contributed by atoms with Crippen LogP contribution in [0.15, 0.2) is 22.6 Å². The van der Waals surface area contributed by atoms with E-state index in [0.717, 1.165) is 0 Å². The van der Waals surface area contributed by atoms with Gasteiger partial charge in [0.2, 0.25) is 0 Å². The van der Waals surface area contributed by atoms with E-state index in [9.17, 15) is 9.18 Å². The van der Waals surface area contributed by atoms with Gasteiger partial charge < -0.3 is 10.2 Å². The Morgan fingerprint density at radius 3 is 3.00 bits per heavy atom. The molecule has 0 radical (unpaired) electrons. The van der Waals surface area contributed by atoms with Crippen molar-refractivity contribution in [2.24, 2.45) is 5.73 Å². The summed E-state index contributed by atoms with van der Waals surface area (Å²) < 4.78 is 17.1. The van der Waals surface area contributed by atoms with Crippen molar-refractivity contribution in [1.29, 1.82) is 0 Å². The van der Waals surface area contributed by atoms with Gasteiger partial charge in [-0.1, -0.05) is 6.07 Å². The third kappa shape index (κ3) is 1.14. The van der Waals surface area contributed by atoms with E-state index in [0.29, 0.717) is 0 Å². The summed E-state index contributed by atoms with van der Waals surface area (Å²) in [6.07, 6.45) is -0.969. The Labute approximate surface area is 72.2 Å². The molecule has 5 heteroatoms. The van der Waals surface area contributed by atoms with Crippen molar-refractivity contribution in [2.45, 2.75) is 0 Å². The fourth-order valence-corrected chi connectivity index (χ4v) is 1.12. The Morgan fingerprint density at radius 2 is 2.31 bits per heavy atom. The molecule has 0 bridgehead atoms. The van der Waals surface area contributed by atoms with E-state index in [1.807, 2.05) is 0 Å². The molecule has 2 N–H and O–H groups in total. The Hall–Kier alpha value is -1.91. The highest BCUT2D eigenvalue weighted by molar-refractivity contribution is 6.03. The summed E-state index contributed by atoms with van der Waals surface area (Å²) in [7, 11) is 0. The third-order valence-electron chi connectivity index (χ3n) is 1.66. The molecule has 0 saturated heterocycles. The number of hydrogen-bond donors (Lipinski definition) is 1. The normalized spacial score (nSPS) is 10.5. The van der Waals surface area contributed by atoms with Crippen molar-refractivity contribution in [3.8, 4) is 0 Å². The van der Waals surface area contributed by atoms with Crippen LogP contribution in [0, 0.1) is 6.14 Å². The number of oxazole rings is 1. The second-order valence-corrected chi connectivity index (χ2v) is 2.48. The number of aromatic nitrogens is 1. The Bertz CT molecular complexity index is 478. The number of amides is 1. The molecule has 0 fully saturated rings. The van der Waals surface area contributed by atoms with E-state index >= 15 is 0 Å². The van der Waals surface area contributed by atoms with Crippen LogP contribution in [-0.4, -0.2) is 10.9 Å². The molecule has 0 spiro atoms. The monoisotopic (exact) mass is 180 g/mol. The number of carbonyl (C=O) groups excluding carboxylic acids is 1. The van der Waals surface area contributed by atoms with Crippen LogP contribution in [0.1, 0.15) is 10.4 Å². The molecule has 4 nitrogen and oxygen atoms in total. The van der Waals surface area contributed by atoms with Crippen LogP contribution < -0.4 is 5.73 Å². The minimum absolute atomic E-state index is 0.158. The van der Waals surface area contributed by atoms with Gasteiger partial charge in [-0.3, -0.25) is 4.79 Å². The summed E-state index contributed by atoms with van der Waals surface area (Å²) in [5.74, 6) is -0.654. The lowest BCUT2D eigenvalue weighted by molar-refractivity contribution is 0.100. The van der Waals surface area contributed by atoms with Crippen LogP contribution in [0.4, 0.5) is 4.39 Å². The molecule has 0 saturated carbocycles. The fraction of sp³-hybridized carbons (Fsp3) is 0. The third-order valence-corrected chi connectivity index (χ3v) is 1.66. The number of primary amides is 1. The number of carbonyl (C=O) groups is 1. The van der Waals surface area contributed by atoms with Crippen LogP contribution in [0.5, 0.6) is 0 Å². The van der Waals surface area contributed by atoms with Crippen molar-refractivity contribution in [1.82, 2.24) is 4.98 Å². The molecule has 0 aliphatic heterocycles. The lowest BCUT2D eigenvalue weighted by Gasteiger charge is -1.93. The van der Waals surface area contributed by atoms with Crippen LogP contribution in [0.3, 0.4) is 0 Å². The number of halogens is 1. The number of benzene rings is 1. The number of nitrogens with two attached hydrogens (primary N) is 1. The van der Waals surface area contributed by atoms with Gasteiger partial charge in [0.15, 0.2) is 5.58 Å². The molecule has 0 unspecified atom stereocenters. The molecule has 1 heterocycles. The topological polar surface area (TPSA) is 69.1 Å².